The van der Waals surface area contributed by atoms with Gasteiger partial charge in [-0.3, -0.25) is 0 Å². The van der Waals surface area contributed by atoms with Crippen molar-refractivity contribution in [2.75, 3.05) is 0 Å². The first-order chi connectivity index (χ1) is 5.66. The van der Waals surface area contributed by atoms with Gasteiger partial charge in [0, 0.05) is 5.92 Å². The molecule has 0 spiro atoms. The molecule has 0 aliphatic heterocycles. The third kappa shape index (κ3) is 8.40. The zero-order valence-electron chi connectivity index (χ0n) is 6.82. The Morgan fingerprint density at radius 3 is 2.00 bits per heavy atom. The van der Waals surface area contributed by atoms with Crippen LogP contribution >= 0.6 is 0 Å². The number of carbonyl (C=O) groups is 1. The van der Waals surface area contributed by atoms with Crippen LogP contribution in [0.1, 0.15) is 0 Å². The second kappa shape index (κ2) is 7.93. The third-order valence-corrected chi connectivity index (χ3v) is 3.16. The van der Waals surface area contributed by atoms with E-state index in [4.69, 9.17) is 9.90 Å². The number of carboxylic acid groups (broad SMARTS) is 1. The van der Waals surface area contributed by atoms with Gasteiger partial charge in [0.25, 0.3) is 0 Å². The minimum atomic E-state index is -1.22. The van der Waals surface area contributed by atoms with E-state index in [1.54, 1.807) is -3.01 Å². The van der Waals surface area contributed by atoms with Crippen molar-refractivity contribution in [3.8, 4) is 12.3 Å². The van der Waals surface area contributed by atoms with E-state index in [1.165, 1.54) is 5.92 Å². The van der Waals surface area contributed by atoms with Gasteiger partial charge in [-0.1, -0.05) is 0 Å². The maximum atomic E-state index is 9.13. The zero-order valence-corrected chi connectivity index (χ0v) is 13.1. The zero-order chi connectivity index (χ0) is 9.40. The van der Waals surface area contributed by atoms with Gasteiger partial charge in [-0.15, -0.1) is 6.42 Å². The van der Waals surface area contributed by atoms with E-state index < -0.39 is 5.97 Å². The normalized spacial score (nSPS) is 7.42. The fourth-order valence-corrected chi connectivity index (χ4v) is 1.74. The first kappa shape index (κ1) is 12.3. The van der Waals surface area contributed by atoms with E-state index in [9.17, 15) is 0 Å². The molecule has 1 N–H and O–H groups in total. The van der Waals surface area contributed by atoms with E-state index in [1.807, 2.05) is 0 Å². The molecule has 0 atom stereocenters. The molecule has 1 rings (SSSR count). The van der Waals surface area contributed by atoms with E-state index in [2.05, 4.69) is 36.8 Å². The Morgan fingerprint density at radius 2 is 1.83 bits per heavy atom. The number of rotatable bonds is 0. The number of carboxylic acids is 1. The molecule has 0 heterocycles. The molecule has 0 aliphatic rings. The van der Waals surface area contributed by atoms with Crippen LogP contribution < -0.4 is -3.01 Å². The standard InChI is InChI=1S/C6H5.C3H2O2.Cs/c1-2-4-6-5-3-1;1-2-3(4)5;/h1-5H;1H,(H,4,5);. The molecule has 0 aliphatic carbocycles. The molecule has 1 aromatic carbocycles. The number of aliphatic carboxylic acids is 1. The van der Waals surface area contributed by atoms with Gasteiger partial charge in [0.2, 0.25) is 0 Å². The van der Waals surface area contributed by atoms with Gasteiger partial charge in [0.1, 0.15) is 0 Å². The van der Waals surface area contributed by atoms with Crippen LogP contribution in [-0.2, 0) is 4.79 Å². The summed E-state index contributed by atoms with van der Waals surface area (Å²) < 4.78 is 1.54. The van der Waals surface area contributed by atoms with Gasteiger partial charge >= 0.3 is 99.2 Å². The molecule has 0 aromatic heterocycles. The predicted octanol–water partition coefficient (Wildman–Crippen LogP) is 0.185. The van der Waals surface area contributed by atoms with Gasteiger partial charge in [-0.05, 0) is 0 Å². The second-order valence-electron chi connectivity index (χ2n) is 2.10. The monoisotopic (exact) mass is 280 g/mol. The summed E-state index contributed by atoms with van der Waals surface area (Å²) in [7, 11) is 0. The van der Waals surface area contributed by atoms with Crippen LogP contribution in [0.15, 0.2) is 30.3 Å². The van der Waals surface area contributed by atoms with Gasteiger partial charge in [0.15, 0.2) is 0 Å². The summed E-state index contributed by atoms with van der Waals surface area (Å²) >= 11 is 0.628. The molecule has 0 amide bonds. The molecule has 3 heteroatoms. The summed E-state index contributed by atoms with van der Waals surface area (Å²) in [4.78, 5) is 9.13. The Balaban J connectivity index is 0.000000217. The molecule has 0 radical (unpaired) electrons. The van der Waals surface area contributed by atoms with Crippen LogP contribution in [0.3, 0.4) is 0 Å². The topological polar surface area (TPSA) is 37.3 Å². The number of hydrogen-bond donors (Lipinski definition) is 1. The SMILES string of the molecule is C#CC(=O)O.[Cs][c]1ccccc1. The van der Waals surface area contributed by atoms with Crippen LogP contribution in [-0.4, -0.2) is 77.0 Å². The summed E-state index contributed by atoms with van der Waals surface area (Å²) in [6, 6.07) is 10.6. The van der Waals surface area contributed by atoms with Gasteiger partial charge < -0.3 is 5.11 Å². The van der Waals surface area contributed by atoms with E-state index in [0.29, 0.717) is 65.9 Å². The van der Waals surface area contributed by atoms with Crippen LogP contribution in [0, 0.1) is 12.3 Å². The van der Waals surface area contributed by atoms with Crippen molar-refractivity contribution in [2.45, 2.75) is 0 Å². The molecule has 12 heavy (non-hydrogen) atoms. The molecular formula is C9H7CsO2. The third-order valence-electron chi connectivity index (χ3n) is 1.06. The average molecular weight is 280 g/mol. The first-order valence-corrected chi connectivity index (χ1v) is 6.52. The first-order valence-electron chi connectivity index (χ1n) is 3.38. The van der Waals surface area contributed by atoms with E-state index in [0.717, 1.165) is 0 Å². The summed E-state index contributed by atoms with van der Waals surface area (Å²) in [5, 5.41) is 7.49. The number of hydrogen-bond acceptors (Lipinski definition) is 1. The summed E-state index contributed by atoms with van der Waals surface area (Å²) in [6.45, 7) is 0. The molecule has 1 aromatic rings. The summed E-state index contributed by atoms with van der Waals surface area (Å²) in [5.41, 5.74) is 0. The van der Waals surface area contributed by atoms with E-state index in [-0.39, 0.29) is 0 Å². The van der Waals surface area contributed by atoms with Crippen LogP contribution in [0.5, 0.6) is 0 Å². The van der Waals surface area contributed by atoms with E-state index >= 15 is 0 Å². The molecule has 0 fully saturated rings. The van der Waals surface area contributed by atoms with Crippen molar-refractivity contribution in [3.05, 3.63) is 30.3 Å². The minimum absolute atomic E-state index is 0.628. The number of benzene rings is 1. The molecule has 2 nitrogen and oxygen atoms in total. The molecule has 0 saturated heterocycles. The van der Waals surface area contributed by atoms with Crippen LogP contribution in [0.2, 0.25) is 0 Å². The quantitative estimate of drug-likeness (QED) is 0.689. The van der Waals surface area contributed by atoms with Crippen molar-refractivity contribution in [3.63, 3.8) is 0 Å². The van der Waals surface area contributed by atoms with Gasteiger partial charge in [-0.25, -0.2) is 4.79 Å². The van der Waals surface area contributed by atoms with Gasteiger partial charge in [-0.2, -0.15) is 0 Å². The molecular weight excluding hydrogens is 273 g/mol. The van der Waals surface area contributed by atoms with Crippen molar-refractivity contribution in [2.24, 2.45) is 0 Å². The Hall–Kier alpha value is 0.302. The van der Waals surface area contributed by atoms with Crippen molar-refractivity contribution < 1.29 is 9.90 Å². The fourth-order valence-electron chi connectivity index (χ4n) is 0.534. The Morgan fingerprint density at radius 1 is 1.42 bits per heavy atom. The molecule has 56 valence electrons. The Bertz CT molecular complexity index is 274. The molecule has 0 bridgehead atoms. The van der Waals surface area contributed by atoms with Crippen molar-refractivity contribution in [1.29, 1.82) is 0 Å². The predicted molar refractivity (Wildman–Crippen MR) is 48.3 cm³/mol. The Labute approximate surface area is 119 Å². The van der Waals surface area contributed by atoms with Crippen LogP contribution in [0.4, 0.5) is 0 Å². The number of terminal acetylenes is 1. The summed E-state index contributed by atoms with van der Waals surface area (Å²) in [6.07, 6.45) is 4.32. The van der Waals surface area contributed by atoms with Crippen molar-refractivity contribution in [1.82, 2.24) is 0 Å². The summed E-state index contributed by atoms with van der Waals surface area (Å²) in [5.74, 6) is 0.227. The maximum absolute atomic E-state index is 9.13. The van der Waals surface area contributed by atoms with Crippen LogP contribution in [0.25, 0.3) is 0 Å². The Kier molecular flexibility index (Phi) is 8.13. The van der Waals surface area contributed by atoms with Gasteiger partial charge in [0.05, 0.1) is 0 Å². The fraction of sp³-hybridized carbons (Fsp3) is 0. The van der Waals surface area contributed by atoms with Crippen molar-refractivity contribution >= 4 is 68.9 Å². The average Bonchev–Trinajstić information content (AvgIpc) is 2.07. The molecule has 0 saturated carbocycles. The second-order valence-corrected chi connectivity index (χ2v) is 5.73. The molecule has 0 unspecified atom stereocenters.